The van der Waals surface area contributed by atoms with E-state index in [1.54, 1.807) is 0 Å². The first-order chi connectivity index (χ1) is 22.7. The number of nitriles is 1. The molecule has 0 unspecified atom stereocenters. The molecule has 2 heterocycles. The first-order valence-electron chi connectivity index (χ1n) is 15.3. The van der Waals surface area contributed by atoms with E-state index >= 15 is 0 Å². The first kappa shape index (κ1) is 26.5. The fourth-order valence-electron chi connectivity index (χ4n) is 6.76. The van der Waals surface area contributed by atoms with Crippen LogP contribution in [0.25, 0.3) is 86.6 Å². The van der Waals surface area contributed by atoms with Crippen molar-refractivity contribution in [2.45, 2.75) is 0 Å². The molecule has 0 saturated carbocycles. The normalized spacial score (nSPS) is 11.5. The van der Waals surface area contributed by atoms with Crippen molar-refractivity contribution in [1.82, 2.24) is 0 Å². The number of hydrogen-bond acceptors (Lipinski definition) is 3. The predicted molar refractivity (Wildman–Crippen MR) is 193 cm³/mol. The van der Waals surface area contributed by atoms with E-state index in [0.717, 1.165) is 60.9 Å². The number of fused-ring (bicyclic) bond motifs is 6. The Balaban J connectivity index is 1.31. The number of para-hydroxylation sites is 1. The molecule has 214 valence electrons. The predicted octanol–water partition coefficient (Wildman–Crippen LogP) is 12.5. The second-order valence-corrected chi connectivity index (χ2v) is 12.7. The van der Waals surface area contributed by atoms with Gasteiger partial charge in [-0.1, -0.05) is 97.1 Å². The van der Waals surface area contributed by atoms with Crippen molar-refractivity contribution in [3.63, 3.8) is 0 Å². The summed E-state index contributed by atoms with van der Waals surface area (Å²) >= 11 is 1.83. The fraction of sp³-hybridized carbons (Fsp3) is 0. The Bertz CT molecular complexity index is 2650. The second-order valence-electron chi connectivity index (χ2n) is 11.6. The molecular weight excluding hydrogens is 579 g/mol. The van der Waals surface area contributed by atoms with Crippen molar-refractivity contribution in [2.75, 3.05) is 0 Å². The van der Waals surface area contributed by atoms with Gasteiger partial charge in [-0.15, -0.1) is 11.3 Å². The van der Waals surface area contributed by atoms with Gasteiger partial charge in [-0.2, -0.15) is 5.26 Å². The van der Waals surface area contributed by atoms with E-state index in [1.165, 1.54) is 25.7 Å². The van der Waals surface area contributed by atoms with E-state index < -0.39 is 0 Å². The van der Waals surface area contributed by atoms with E-state index in [2.05, 4.69) is 109 Å². The van der Waals surface area contributed by atoms with Crippen molar-refractivity contribution in [1.29, 1.82) is 5.26 Å². The average Bonchev–Trinajstić information content (AvgIpc) is 3.69. The molecule has 46 heavy (non-hydrogen) atoms. The summed E-state index contributed by atoms with van der Waals surface area (Å²) in [5.74, 6) is 0. The zero-order valence-electron chi connectivity index (χ0n) is 24.7. The van der Waals surface area contributed by atoms with Crippen LogP contribution in [0.15, 0.2) is 156 Å². The molecule has 0 amide bonds. The van der Waals surface area contributed by atoms with Crippen LogP contribution in [0.1, 0.15) is 5.56 Å². The summed E-state index contributed by atoms with van der Waals surface area (Å²) in [5, 5.41) is 14.9. The molecule has 2 nitrogen and oxygen atoms in total. The Morgan fingerprint density at radius 3 is 2.04 bits per heavy atom. The average molecular weight is 604 g/mol. The Hall–Kier alpha value is -5.95. The lowest BCUT2D eigenvalue weighted by Crippen LogP contribution is -1.91. The number of thiophene rings is 1. The van der Waals surface area contributed by atoms with Gasteiger partial charge in [-0.25, -0.2) is 0 Å². The van der Waals surface area contributed by atoms with Crippen LogP contribution in [0.4, 0.5) is 0 Å². The standard InChI is InChI=1S/C43H25NOS/c44-26-27-21-31(28-9-2-1-3-10-28)23-32(22-27)38-24-29(34-13-8-16-42-43(34)37-12-5-7-15-41(37)46-42)17-19-33(38)30-18-20-36-35-11-4-6-14-39(35)45-40(36)25-30/h1-25H. The molecule has 0 aliphatic carbocycles. The van der Waals surface area contributed by atoms with Gasteiger partial charge >= 0.3 is 0 Å². The van der Waals surface area contributed by atoms with Crippen LogP contribution in [0.2, 0.25) is 0 Å². The lowest BCUT2D eigenvalue weighted by atomic mass is 9.88. The largest absolute Gasteiger partial charge is 0.456 e. The van der Waals surface area contributed by atoms with Gasteiger partial charge in [0.1, 0.15) is 11.2 Å². The lowest BCUT2D eigenvalue weighted by molar-refractivity contribution is 0.669. The minimum atomic E-state index is 0.631. The highest BCUT2D eigenvalue weighted by Gasteiger charge is 2.17. The summed E-state index contributed by atoms with van der Waals surface area (Å²) in [4.78, 5) is 0. The van der Waals surface area contributed by atoms with Crippen LogP contribution in [0.5, 0.6) is 0 Å². The van der Waals surface area contributed by atoms with Crippen LogP contribution in [-0.4, -0.2) is 0 Å². The molecule has 0 fully saturated rings. The maximum atomic E-state index is 10.1. The van der Waals surface area contributed by atoms with Gasteiger partial charge < -0.3 is 4.42 Å². The third-order valence-corrected chi connectivity index (χ3v) is 10.0. The summed E-state index contributed by atoms with van der Waals surface area (Å²) in [6, 6.07) is 55.5. The van der Waals surface area contributed by atoms with E-state index in [0.29, 0.717) is 5.56 Å². The summed E-state index contributed by atoms with van der Waals surface area (Å²) in [6.45, 7) is 0. The second kappa shape index (κ2) is 10.6. The molecule has 7 aromatic carbocycles. The first-order valence-corrected chi connectivity index (χ1v) is 16.1. The van der Waals surface area contributed by atoms with E-state index in [9.17, 15) is 5.26 Å². The summed E-state index contributed by atoms with van der Waals surface area (Å²) in [7, 11) is 0. The van der Waals surface area contributed by atoms with Crippen LogP contribution < -0.4 is 0 Å². The van der Waals surface area contributed by atoms with E-state index in [-0.39, 0.29) is 0 Å². The fourth-order valence-corrected chi connectivity index (χ4v) is 7.89. The van der Waals surface area contributed by atoms with Crippen molar-refractivity contribution >= 4 is 53.4 Å². The number of rotatable bonds is 4. The third kappa shape index (κ3) is 4.31. The Kier molecular flexibility index (Phi) is 6.09. The molecule has 0 aliphatic heterocycles. The highest BCUT2D eigenvalue weighted by molar-refractivity contribution is 7.25. The molecule has 0 spiro atoms. The topological polar surface area (TPSA) is 36.9 Å². The van der Waals surface area contributed by atoms with Crippen molar-refractivity contribution in [3.8, 4) is 50.6 Å². The molecule has 0 atom stereocenters. The van der Waals surface area contributed by atoms with Crippen LogP contribution in [0.3, 0.4) is 0 Å². The summed E-state index contributed by atoms with van der Waals surface area (Å²) in [6.07, 6.45) is 0. The smallest absolute Gasteiger partial charge is 0.136 e. The van der Waals surface area contributed by atoms with E-state index in [1.807, 2.05) is 59.9 Å². The Morgan fingerprint density at radius 1 is 0.435 bits per heavy atom. The monoisotopic (exact) mass is 603 g/mol. The van der Waals surface area contributed by atoms with Crippen molar-refractivity contribution < 1.29 is 4.42 Å². The van der Waals surface area contributed by atoms with Gasteiger partial charge in [0.25, 0.3) is 0 Å². The molecule has 0 radical (unpaired) electrons. The highest BCUT2D eigenvalue weighted by atomic mass is 32.1. The molecular formula is C43H25NOS. The summed E-state index contributed by atoms with van der Waals surface area (Å²) in [5.41, 5.74) is 11.0. The van der Waals surface area contributed by atoms with Crippen molar-refractivity contribution in [3.05, 3.63) is 157 Å². The minimum Gasteiger partial charge on any atom is -0.456 e. The SMILES string of the molecule is N#Cc1cc(-c2ccccc2)cc(-c2cc(-c3cccc4sc5ccccc5c34)ccc2-c2ccc3c(c2)oc2ccccc23)c1. The molecule has 0 N–H and O–H groups in total. The molecule has 0 aliphatic rings. The Morgan fingerprint density at radius 2 is 1.15 bits per heavy atom. The van der Waals surface area contributed by atoms with Gasteiger partial charge in [0.15, 0.2) is 0 Å². The van der Waals surface area contributed by atoms with Gasteiger partial charge in [0.2, 0.25) is 0 Å². The number of furan rings is 1. The zero-order valence-corrected chi connectivity index (χ0v) is 25.5. The maximum absolute atomic E-state index is 10.1. The van der Waals surface area contributed by atoms with Crippen molar-refractivity contribution in [2.24, 2.45) is 0 Å². The zero-order chi connectivity index (χ0) is 30.6. The van der Waals surface area contributed by atoms with Gasteiger partial charge in [0.05, 0.1) is 11.6 Å². The number of hydrogen-bond donors (Lipinski definition) is 0. The number of benzene rings is 7. The van der Waals surface area contributed by atoms with Gasteiger partial charge in [0, 0.05) is 30.9 Å². The van der Waals surface area contributed by atoms with Crippen LogP contribution >= 0.6 is 11.3 Å². The van der Waals surface area contributed by atoms with Crippen LogP contribution in [0, 0.1) is 11.3 Å². The summed E-state index contributed by atoms with van der Waals surface area (Å²) < 4.78 is 8.87. The van der Waals surface area contributed by atoms with Crippen LogP contribution in [-0.2, 0) is 0 Å². The quantitative estimate of drug-likeness (QED) is 0.201. The molecule has 0 saturated heterocycles. The van der Waals surface area contributed by atoms with Gasteiger partial charge in [-0.3, -0.25) is 0 Å². The molecule has 9 aromatic rings. The minimum absolute atomic E-state index is 0.631. The molecule has 3 heteroatoms. The third-order valence-electron chi connectivity index (χ3n) is 8.90. The highest BCUT2D eigenvalue weighted by Crippen LogP contribution is 2.44. The Labute approximate surface area is 270 Å². The lowest BCUT2D eigenvalue weighted by Gasteiger charge is -2.15. The van der Waals surface area contributed by atoms with Gasteiger partial charge in [-0.05, 0) is 99.1 Å². The maximum Gasteiger partial charge on any atom is 0.136 e. The number of nitrogens with zero attached hydrogens (tertiary/aromatic N) is 1. The van der Waals surface area contributed by atoms with E-state index in [4.69, 9.17) is 4.42 Å². The molecule has 2 aromatic heterocycles. The molecule has 9 rings (SSSR count). The molecule has 0 bridgehead atoms.